The van der Waals surface area contributed by atoms with E-state index in [0.29, 0.717) is 32.2 Å². The van der Waals surface area contributed by atoms with Gasteiger partial charge < -0.3 is 26.2 Å². The first kappa shape index (κ1) is 47.5. The van der Waals surface area contributed by atoms with E-state index < -0.39 is 65.4 Å². The molecule has 0 radical (unpaired) electrons. The van der Waals surface area contributed by atoms with Gasteiger partial charge in [-0.2, -0.15) is 0 Å². The van der Waals surface area contributed by atoms with E-state index in [1.807, 2.05) is 52.0 Å². The molecule has 0 saturated carbocycles. The topological polar surface area (TPSA) is 166 Å². The maximum atomic E-state index is 13.7. The second-order valence-corrected chi connectivity index (χ2v) is 12.0. The highest BCUT2D eigenvalue weighted by molar-refractivity contribution is 6.43. The molecule has 5 amide bonds. The Morgan fingerprint density at radius 3 is 2.10 bits per heavy atom. The number of allylic oxidation sites excluding steroid dienone is 6. The summed E-state index contributed by atoms with van der Waals surface area (Å²) in [6.07, 6.45) is 16.5. The van der Waals surface area contributed by atoms with Crippen LogP contribution in [0.5, 0.6) is 0 Å². The summed E-state index contributed by atoms with van der Waals surface area (Å²) in [6, 6.07) is -2.85. The van der Waals surface area contributed by atoms with E-state index in [1.54, 1.807) is 46.8 Å². The lowest BCUT2D eigenvalue weighted by Gasteiger charge is -2.35. The van der Waals surface area contributed by atoms with Crippen molar-refractivity contribution in [2.75, 3.05) is 19.6 Å². The fraction of sp³-hybridized carbons (Fsp3) is 0.553. The fourth-order valence-electron chi connectivity index (χ4n) is 4.54. The van der Waals surface area contributed by atoms with Gasteiger partial charge >= 0.3 is 0 Å². The van der Waals surface area contributed by atoms with Crippen LogP contribution in [0.2, 0.25) is 0 Å². The first-order chi connectivity index (χ1) is 23.7. The van der Waals surface area contributed by atoms with Crippen molar-refractivity contribution in [3.63, 3.8) is 0 Å². The number of rotatable bonds is 17. The van der Waals surface area contributed by atoms with E-state index >= 15 is 0 Å². The Morgan fingerprint density at radius 2 is 1.58 bits per heavy atom. The lowest BCUT2D eigenvalue weighted by molar-refractivity contribution is -0.145. The molecule has 12 nitrogen and oxygen atoms in total. The van der Waals surface area contributed by atoms with Crippen LogP contribution in [0.4, 0.5) is 0 Å². The van der Waals surface area contributed by atoms with Crippen LogP contribution in [0.1, 0.15) is 94.4 Å². The fourth-order valence-corrected chi connectivity index (χ4v) is 4.54. The lowest BCUT2D eigenvalue weighted by Crippen LogP contribution is -2.59. The molecule has 0 aromatic rings. The van der Waals surface area contributed by atoms with Crippen molar-refractivity contribution in [3.05, 3.63) is 61.9 Å². The Morgan fingerprint density at radius 1 is 0.920 bits per heavy atom. The van der Waals surface area contributed by atoms with Crippen molar-refractivity contribution in [2.45, 2.75) is 113 Å². The molecule has 1 fully saturated rings. The molecule has 280 valence electrons. The number of carbonyl (C=O) groups excluding carboxylic acids is 6. The standard InChI is InChI=1S/C29H46N6O6.C7H10.C2H6/c1-8-12-14-20(23(37)27(40)30-11-4)33-26(39)21-15-13-17-35(21)28(41)24(29(5,6)7)34-22(36)18-32-25(38)19(10-3)31-16-9-2;1-3-5-7-6-4-2;1-2/h9-10,16,20-21,24H,3,8,11-15,17-18H2,1-2,4-7H3,(H,30,40)(H,32,38)(H,33,39)(H,34,36);3-7H,1H2,2H3;1-2H3/b16-9-,31-19?;6-4-,7-5-;. The van der Waals surface area contributed by atoms with Crippen LogP contribution in [0, 0.1) is 5.41 Å². The van der Waals surface area contributed by atoms with Gasteiger partial charge in [-0.3, -0.25) is 33.8 Å². The largest absolute Gasteiger partial charge is 0.350 e. The third-order valence-electron chi connectivity index (χ3n) is 7.05. The van der Waals surface area contributed by atoms with Gasteiger partial charge in [0, 0.05) is 19.3 Å². The number of carbonyl (C=O) groups is 6. The number of nitrogens with zero attached hydrogens (tertiary/aromatic N) is 2. The zero-order chi connectivity index (χ0) is 38.7. The molecule has 3 unspecified atom stereocenters. The molecule has 1 rings (SSSR count). The van der Waals surface area contributed by atoms with Gasteiger partial charge in [-0.15, -0.1) is 0 Å². The minimum atomic E-state index is -0.997. The number of nitrogens with one attached hydrogen (secondary N) is 4. The number of unbranched alkanes of at least 4 members (excludes halogenated alkanes) is 1. The minimum Gasteiger partial charge on any atom is -0.350 e. The summed E-state index contributed by atoms with van der Waals surface area (Å²) in [5.41, 5.74) is -0.689. The number of amides is 5. The predicted octanol–water partition coefficient (Wildman–Crippen LogP) is 4.50. The Labute approximate surface area is 300 Å². The molecule has 3 atom stereocenters. The molecule has 0 aliphatic carbocycles. The molecule has 50 heavy (non-hydrogen) atoms. The van der Waals surface area contributed by atoms with Gasteiger partial charge in [0.05, 0.1) is 12.6 Å². The summed E-state index contributed by atoms with van der Waals surface area (Å²) >= 11 is 0. The van der Waals surface area contributed by atoms with Gasteiger partial charge in [0.15, 0.2) is 0 Å². The van der Waals surface area contributed by atoms with E-state index in [4.69, 9.17) is 0 Å². The average molecular weight is 699 g/mol. The van der Waals surface area contributed by atoms with Crippen molar-refractivity contribution in [2.24, 2.45) is 10.4 Å². The zero-order valence-corrected chi connectivity index (χ0v) is 31.8. The van der Waals surface area contributed by atoms with Crippen LogP contribution in [-0.4, -0.2) is 83.7 Å². The van der Waals surface area contributed by atoms with E-state index in [2.05, 4.69) is 39.4 Å². The predicted molar refractivity (Wildman–Crippen MR) is 202 cm³/mol. The van der Waals surface area contributed by atoms with Crippen molar-refractivity contribution < 1.29 is 28.8 Å². The highest BCUT2D eigenvalue weighted by Gasteiger charge is 2.42. The van der Waals surface area contributed by atoms with E-state index in [1.165, 1.54) is 17.2 Å². The molecule has 0 spiro atoms. The van der Waals surface area contributed by atoms with Crippen molar-refractivity contribution in [3.8, 4) is 0 Å². The van der Waals surface area contributed by atoms with Gasteiger partial charge in [0.25, 0.3) is 11.8 Å². The van der Waals surface area contributed by atoms with Crippen LogP contribution in [0.3, 0.4) is 0 Å². The summed E-state index contributed by atoms with van der Waals surface area (Å²) in [5, 5.41) is 10.3. The third kappa shape index (κ3) is 18.2. The van der Waals surface area contributed by atoms with E-state index in [9.17, 15) is 28.8 Å². The van der Waals surface area contributed by atoms with Gasteiger partial charge in [-0.1, -0.05) is 104 Å². The van der Waals surface area contributed by atoms with E-state index in [0.717, 1.165) is 6.42 Å². The number of ketones is 1. The van der Waals surface area contributed by atoms with Crippen LogP contribution in [0.25, 0.3) is 0 Å². The second-order valence-electron chi connectivity index (χ2n) is 12.0. The number of aliphatic imine (C=N–C) groups is 1. The molecule has 4 N–H and O–H groups in total. The summed E-state index contributed by atoms with van der Waals surface area (Å²) in [7, 11) is 0. The van der Waals surface area contributed by atoms with Crippen molar-refractivity contribution in [1.29, 1.82) is 0 Å². The summed E-state index contributed by atoms with van der Waals surface area (Å²) in [5.74, 6) is -3.63. The Kier molecular flexibility index (Phi) is 25.9. The molecule has 12 heteroatoms. The van der Waals surface area contributed by atoms with Crippen LogP contribution < -0.4 is 21.3 Å². The highest BCUT2D eigenvalue weighted by Crippen LogP contribution is 2.26. The molecule has 1 heterocycles. The maximum Gasteiger partial charge on any atom is 0.289 e. The maximum absolute atomic E-state index is 13.7. The Balaban J connectivity index is 0. The molecule has 0 aromatic carbocycles. The Bertz CT molecular complexity index is 1240. The number of Topliss-reactive ketones (excluding diaryl/α,β-unsaturated/α-hetero) is 1. The first-order valence-corrected chi connectivity index (χ1v) is 17.5. The first-order valence-electron chi connectivity index (χ1n) is 17.5. The van der Waals surface area contributed by atoms with Crippen molar-refractivity contribution in [1.82, 2.24) is 26.2 Å². The smallest absolute Gasteiger partial charge is 0.289 e. The monoisotopic (exact) mass is 698 g/mol. The number of hydrogen-bond acceptors (Lipinski definition) is 7. The van der Waals surface area contributed by atoms with Gasteiger partial charge in [-0.25, -0.2) is 0 Å². The lowest BCUT2D eigenvalue weighted by atomic mass is 9.85. The summed E-state index contributed by atoms with van der Waals surface area (Å²) in [4.78, 5) is 82.3. The second kappa shape index (κ2) is 27.2. The average Bonchev–Trinajstić information content (AvgIpc) is 3.59. The Hall–Kier alpha value is -4.61. The van der Waals surface area contributed by atoms with E-state index in [-0.39, 0.29) is 12.3 Å². The molecule has 1 saturated heterocycles. The molecular weight excluding hydrogens is 636 g/mol. The SMILES string of the molecule is C=C/C=C\C=C/C.C=CC(=N/C=C\C)C(=O)NCC(=O)NC(C(=O)N1CCCC1C(=O)NC(CCCC)C(=O)C(=O)NCC)C(C)(C)C.CC. The molecule has 1 aliphatic rings. The number of likely N-dealkylation sites (N-methyl/N-ethyl adjacent to an activating group) is 1. The molecule has 0 bridgehead atoms. The minimum absolute atomic E-state index is 0.0353. The van der Waals surface area contributed by atoms with Gasteiger partial charge in [0.2, 0.25) is 23.5 Å². The van der Waals surface area contributed by atoms with Gasteiger partial charge in [-0.05, 0) is 51.5 Å². The quantitative estimate of drug-likeness (QED) is 0.0993. The van der Waals surface area contributed by atoms with Crippen LogP contribution in [0.15, 0.2) is 66.9 Å². The van der Waals surface area contributed by atoms with Crippen LogP contribution in [-0.2, 0) is 28.8 Å². The van der Waals surface area contributed by atoms with Crippen LogP contribution >= 0.6 is 0 Å². The summed E-state index contributed by atoms with van der Waals surface area (Å²) in [6.45, 7) is 23.9. The highest BCUT2D eigenvalue weighted by atomic mass is 16.2. The third-order valence-corrected chi connectivity index (χ3v) is 7.05. The normalized spacial score (nSPS) is 15.6. The van der Waals surface area contributed by atoms with Gasteiger partial charge in [0.1, 0.15) is 17.8 Å². The number of likely N-dealkylation sites (tertiary alicyclic amines) is 1. The molecular formula is C38H62N6O6. The summed E-state index contributed by atoms with van der Waals surface area (Å²) < 4.78 is 0. The van der Waals surface area contributed by atoms with Crippen molar-refractivity contribution >= 4 is 41.0 Å². The molecule has 1 aliphatic heterocycles. The molecule has 0 aromatic heterocycles. The number of hydrogen-bond donors (Lipinski definition) is 4. The zero-order valence-electron chi connectivity index (χ0n) is 31.8.